The molecule has 0 aromatic heterocycles. The van der Waals surface area contributed by atoms with Gasteiger partial charge in [0, 0.05) is 6.54 Å². The van der Waals surface area contributed by atoms with E-state index < -0.39 is 6.09 Å². The van der Waals surface area contributed by atoms with Crippen molar-refractivity contribution in [3.63, 3.8) is 0 Å². The topological polar surface area (TPSA) is 29.5 Å². The van der Waals surface area contributed by atoms with Crippen molar-refractivity contribution in [3.8, 4) is 0 Å². The van der Waals surface area contributed by atoms with Gasteiger partial charge < -0.3 is 4.74 Å². The smallest absolute Gasteiger partial charge is 0.414 e. The lowest BCUT2D eigenvalue weighted by Crippen LogP contribution is -2.31. The Kier molecular flexibility index (Phi) is 6.35. The second-order valence-corrected chi connectivity index (χ2v) is 5.66. The largest absolute Gasteiger partial charge is 0.452 e. The molecule has 0 radical (unpaired) electrons. The predicted octanol–water partition coefficient (Wildman–Crippen LogP) is 5.65. The molecule has 0 unspecified atom stereocenters. The van der Waals surface area contributed by atoms with Gasteiger partial charge in [-0.15, -0.1) is 6.58 Å². The zero-order valence-corrected chi connectivity index (χ0v) is 14.7. The summed E-state index contributed by atoms with van der Waals surface area (Å²) in [6.07, 6.45) is 5.27. The lowest BCUT2D eigenvalue weighted by molar-refractivity contribution is 0.179. The molecule has 0 aliphatic heterocycles. The van der Waals surface area contributed by atoms with E-state index in [1.165, 1.54) is 7.11 Å². The molecule has 1 amide bonds. The van der Waals surface area contributed by atoms with Gasteiger partial charge in [0.2, 0.25) is 0 Å². The first kappa shape index (κ1) is 18.3. The number of methoxy groups -OCH3 is 1. The SMILES string of the molecule is C=CCN(C(=O)OC)c1ccccc1/C=C/c1ccc(C(=C)C)cc1. The molecular formula is C22H23NO2. The third-order valence-electron chi connectivity index (χ3n) is 3.79. The Morgan fingerprint density at radius 3 is 2.40 bits per heavy atom. The van der Waals surface area contributed by atoms with E-state index in [2.05, 4.69) is 13.2 Å². The van der Waals surface area contributed by atoms with E-state index in [1.807, 2.05) is 67.6 Å². The van der Waals surface area contributed by atoms with Crippen LogP contribution in [0.25, 0.3) is 17.7 Å². The van der Waals surface area contributed by atoms with Crippen molar-refractivity contribution in [2.45, 2.75) is 6.92 Å². The summed E-state index contributed by atoms with van der Waals surface area (Å²) in [7, 11) is 1.38. The van der Waals surface area contributed by atoms with Crippen molar-refractivity contribution in [1.82, 2.24) is 0 Å². The first-order valence-corrected chi connectivity index (χ1v) is 8.06. The van der Waals surface area contributed by atoms with Gasteiger partial charge >= 0.3 is 6.09 Å². The number of rotatable bonds is 6. The third-order valence-corrected chi connectivity index (χ3v) is 3.79. The number of carbonyl (C=O) groups excluding carboxylic acids is 1. The van der Waals surface area contributed by atoms with Crippen LogP contribution >= 0.6 is 0 Å². The van der Waals surface area contributed by atoms with Crippen LogP contribution in [0, 0.1) is 0 Å². The minimum absolute atomic E-state index is 0.380. The number of nitrogens with zero attached hydrogens (tertiary/aromatic N) is 1. The van der Waals surface area contributed by atoms with Crippen molar-refractivity contribution < 1.29 is 9.53 Å². The summed E-state index contributed by atoms with van der Waals surface area (Å²) in [6, 6.07) is 15.9. The van der Waals surface area contributed by atoms with Gasteiger partial charge in [0.1, 0.15) is 0 Å². The Bertz CT molecular complexity index is 788. The van der Waals surface area contributed by atoms with Gasteiger partial charge in [-0.3, -0.25) is 4.90 Å². The Balaban J connectivity index is 2.31. The first-order chi connectivity index (χ1) is 12.1. The van der Waals surface area contributed by atoms with E-state index in [1.54, 1.807) is 11.0 Å². The van der Waals surface area contributed by atoms with Crippen LogP contribution in [0.15, 0.2) is 67.8 Å². The summed E-state index contributed by atoms with van der Waals surface area (Å²) >= 11 is 0. The number of para-hydroxylation sites is 1. The van der Waals surface area contributed by atoms with E-state index in [0.717, 1.165) is 28.0 Å². The summed E-state index contributed by atoms with van der Waals surface area (Å²) in [5.41, 5.74) is 4.95. The summed E-state index contributed by atoms with van der Waals surface area (Å²) in [5.74, 6) is 0. The Morgan fingerprint density at radius 2 is 1.80 bits per heavy atom. The van der Waals surface area contributed by atoms with Crippen LogP contribution in [0.2, 0.25) is 0 Å². The van der Waals surface area contributed by atoms with Crippen molar-refractivity contribution in [3.05, 3.63) is 84.5 Å². The molecule has 0 fully saturated rings. The second-order valence-electron chi connectivity index (χ2n) is 5.66. The second kappa shape index (κ2) is 8.69. The van der Waals surface area contributed by atoms with Crippen molar-refractivity contribution in [1.29, 1.82) is 0 Å². The summed E-state index contributed by atoms with van der Waals surface area (Å²) < 4.78 is 4.88. The maximum absolute atomic E-state index is 12.1. The molecule has 128 valence electrons. The Hall–Kier alpha value is -3.07. The summed E-state index contributed by atoms with van der Waals surface area (Å²) in [5, 5.41) is 0. The minimum Gasteiger partial charge on any atom is -0.452 e. The Labute approximate surface area is 149 Å². The highest BCUT2D eigenvalue weighted by molar-refractivity contribution is 5.92. The van der Waals surface area contributed by atoms with Crippen molar-refractivity contribution in [2.24, 2.45) is 0 Å². The van der Waals surface area contributed by atoms with Crippen LogP contribution < -0.4 is 4.90 Å². The lowest BCUT2D eigenvalue weighted by Gasteiger charge is -2.21. The fourth-order valence-corrected chi connectivity index (χ4v) is 2.45. The molecule has 0 heterocycles. The zero-order valence-electron chi connectivity index (χ0n) is 14.7. The molecule has 2 aromatic carbocycles. The van der Waals surface area contributed by atoms with E-state index in [9.17, 15) is 4.79 Å². The number of benzene rings is 2. The fourth-order valence-electron chi connectivity index (χ4n) is 2.45. The standard InChI is InChI=1S/C22H23NO2/c1-5-16-23(22(24)25-4)21-9-7-6-8-20(21)15-12-18-10-13-19(14-11-18)17(2)3/h5-15H,1-2,16H2,3-4H3/b15-12+. The quantitative estimate of drug-likeness (QED) is 0.505. The molecular weight excluding hydrogens is 310 g/mol. The average molecular weight is 333 g/mol. The number of anilines is 1. The molecule has 3 heteroatoms. The fraction of sp³-hybridized carbons (Fsp3) is 0.136. The minimum atomic E-state index is -0.411. The van der Waals surface area contributed by atoms with Crippen LogP contribution in [0.4, 0.5) is 10.5 Å². The normalized spacial score (nSPS) is 10.5. The summed E-state index contributed by atoms with van der Waals surface area (Å²) in [6.45, 7) is 10.0. The molecule has 2 aromatic rings. The maximum atomic E-state index is 12.1. The molecule has 0 saturated carbocycles. The highest BCUT2D eigenvalue weighted by Gasteiger charge is 2.16. The summed E-state index contributed by atoms with van der Waals surface area (Å²) in [4.78, 5) is 13.6. The van der Waals surface area contributed by atoms with Gasteiger partial charge in [0.05, 0.1) is 12.8 Å². The van der Waals surface area contributed by atoms with Crippen LogP contribution in [0.1, 0.15) is 23.6 Å². The molecule has 0 aliphatic carbocycles. The number of hydrogen-bond acceptors (Lipinski definition) is 2. The molecule has 0 bridgehead atoms. The van der Waals surface area contributed by atoms with Gasteiger partial charge in [-0.1, -0.05) is 72.8 Å². The molecule has 0 spiro atoms. The molecule has 0 aliphatic rings. The van der Waals surface area contributed by atoms with Crippen LogP contribution in [0.5, 0.6) is 0 Å². The van der Waals surface area contributed by atoms with E-state index in [-0.39, 0.29) is 0 Å². The molecule has 0 saturated heterocycles. The number of allylic oxidation sites excluding steroid dienone is 1. The highest BCUT2D eigenvalue weighted by Crippen LogP contribution is 2.24. The third kappa shape index (κ3) is 4.70. The van der Waals surface area contributed by atoms with Gasteiger partial charge in [0.25, 0.3) is 0 Å². The Morgan fingerprint density at radius 1 is 1.12 bits per heavy atom. The molecule has 2 rings (SSSR count). The number of amides is 1. The number of hydrogen-bond donors (Lipinski definition) is 0. The van der Waals surface area contributed by atoms with E-state index in [4.69, 9.17) is 4.74 Å². The predicted molar refractivity (Wildman–Crippen MR) is 106 cm³/mol. The monoisotopic (exact) mass is 333 g/mol. The first-order valence-electron chi connectivity index (χ1n) is 8.06. The zero-order chi connectivity index (χ0) is 18.2. The van der Waals surface area contributed by atoms with Gasteiger partial charge in [0.15, 0.2) is 0 Å². The highest BCUT2D eigenvalue weighted by atomic mass is 16.5. The van der Waals surface area contributed by atoms with Gasteiger partial charge in [-0.05, 0) is 29.7 Å². The van der Waals surface area contributed by atoms with E-state index >= 15 is 0 Å². The van der Waals surface area contributed by atoms with Crippen LogP contribution in [-0.4, -0.2) is 19.7 Å². The van der Waals surface area contributed by atoms with Crippen LogP contribution in [0.3, 0.4) is 0 Å². The maximum Gasteiger partial charge on any atom is 0.414 e. The van der Waals surface area contributed by atoms with Crippen molar-refractivity contribution in [2.75, 3.05) is 18.6 Å². The molecule has 0 atom stereocenters. The van der Waals surface area contributed by atoms with Crippen molar-refractivity contribution >= 4 is 29.5 Å². The van der Waals surface area contributed by atoms with Crippen LogP contribution in [-0.2, 0) is 4.74 Å². The average Bonchev–Trinajstić information content (AvgIpc) is 2.64. The number of ether oxygens (including phenoxy) is 1. The lowest BCUT2D eigenvalue weighted by atomic mass is 10.1. The molecule has 0 N–H and O–H groups in total. The molecule has 3 nitrogen and oxygen atoms in total. The van der Waals surface area contributed by atoms with Gasteiger partial charge in [-0.2, -0.15) is 0 Å². The van der Waals surface area contributed by atoms with E-state index in [0.29, 0.717) is 6.54 Å². The number of carbonyl (C=O) groups is 1. The van der Waals surface area contributed by atoms with Gasteiger partial charge in [-0.25, -0.2) is 4.79 Å². The molecule has 25 heavy (non-hydrogen) atoms.